The Hall–Kier alpha value is -2.87. The van der Waals surface area contributed by atoms with E-state index in [1.165, 1.54) is 23.1 Å². The van der Waals surface area contributed by atoms with Gasteiger partial charge < -0.3 is 10.5 Å². The van der Waals surface area contributed by atoms with Crippen molar-refractivity contribution in [1.29, 1.82) is 5.26 Å². The predicted octanol–water partition coefficient (Wildman–Crippen LogP) is 4.79. The number of rotatable bonds is 6. The zero-order valence-electron chi connectivity index (χ0n) is 19.5. The molecule has 2 aromatic rings. The van der Waals surface area contributed by atoms with Crippen LogP contribution in [0.5, 0.6) is 0 Å². The topological polar surface area (TPSA) is 122 Å². The van der Waals surface area contributed by atoms with Crippen LogP contribution in [0.4, 0.5) is 5.13 Å². The Morgan fingerprint density at radius 3 is 2.80 bits per heavy atom. The van der Waals surface area contributed by atoms with E-state index in [1.54, 1.807) is 24.0 Å². The van der Waals surface area contributed by atoms with Crippen molar-refractivity contribution in [2.24, 2.45) is 11.1 Å². The molecule has 1 aromatic heterocycles. The SMILES string of the molecule is CCOC(=O)CSc1nnc(N2C(N)=C(C#N)C(c3ccccc3Cl)C3=C2CC(C)(C)CC3=O)s1. The van der Waals surface area contributed by atoms with Crippen LogP contribution in [0.1, 0.15) is 45.1 Å². The third-order valence-electron chi connectivity index (χ3n) is 5.80. The Balaban J connectivity index is 1.82. The molecule has 8 nitrogen and oxygen atoms in total. The summed E-state index contributed by atoms with van der Waals surface area (Å²) in [5.74, 6) is -0.752. The molecule has 2 heterocycles. The number of allylic oxidation sites excluding steroid dienone is 3. The standard InChI is InChI=1S/C24H24ClN5O3S2/c1-4-33-18(32)12-34-23-29-28-22(35-23)30-16-9-24(2,3)10-17(31)20(16)19(14(11-26)21(30)27)13-7-5-6-8-15(13)25/h5-8,19H,4,9-10,12,27H2,1-3H3. The molecule has 4 rings (SSSR count). The fraction of sp³-hybridized carbons (Fsp3) is 0.375. The van der Waals surface area contributed by atoms with Crippen molar-refractivity contribution >= 4 is 51.6 Å². The van der Waals surface area contributed by atoms with Crippen LogP contribution in [0, 0.1) is 16.7 Å². The van der Waals surface area contributed by atoms with Gasteiger partial charge in [-0.1, -0.05) is 66.7 Å². The molecule has 0 saturated heterocycles. The summed E-state index contributed by atoms with van der Waals surface area (Å²) >= 11 is 8.97. The molecule has 0 fully saturated rings. The van der Waals surface area contributed by atoms with E-state index in [-0.39, 0.29) is 34.3 Å². The number of benzene rings is 1. The molecule has 11 heteroatoms. The van der Waals surface area contributed by atoms with Gasteiger partial charge in [-0.25, -0.2) is 0 Å². The van der Waals surface area contributed by atoms with Crippen LogP contribution >= 0.6 is 34.7 Å². The number of aromatic nitrogens is 2. The largest absolute Gasteiger partial charge is 0.465 e. The Labute approximate surface area is 216 Å². The van der Waals surface area contributed by atoms with E-state index in [2.05, 4.69) is 16.3 Å². The number of hydrogen-bond donors (Lipinski definition) is 1. The highest BCUT2D eigenvalue weighted by atomic mass is 35.5. The maximum atomic E-state index is 13.5. The summed E-state index contributed by atoms with van der Waals surface area (Å²) in [6.07, 6.45) is 0.898. The Bertz CT molecular complexity index is 1290. The number of ether oxygens (including phenoxy) is 1. The first-order valence-electron chi connectivity index (χ1n) is 11.0. The van der Waals surface area contributed by atoms with Crippen molar-refractivity contribution in [2.45, 2.75) is 43.9 Å². The van der Waals surface area contributed by atoms with Gasteiger partial charge in [0.05, 0.1) is 29.9 Å². The normalized spacial score (nSPS) is 19.5. The number of carbonyl (C=O) groups excluding carboxylic acids is 2. The lowest BCUT2D eigenvalue weighted by Gasteiger charge is -2.42. The minimum atomic E-state index is -0.658. The molecule has 0 spiro atoms. The fourth-order valence-electron chi connectivity index (χ4n) is 4.42. The fourth-order valence-corrected chi connectivity index (χ4v) is 6.35. The highest BCUT2D eigenvalue weighted by molar-refractivity contribution is 8.01. The first kappa shape index (κ1) is 25.2. The number of nitriles is 1. The molecule has 35 heavy (non-hydrogen) atoms. The van der Waals surface area contributed by atoms with Crippen LogP contribution in [0.15, 0.2) is 51.3 Å². The van der Waals surface area contributed by atoms with Crippen LogP contribution in [0.25, 0.3) is 0 Å². The van der Waals surface area contributed by atoms with Gasteiger partial charge in [0.2, 0.25) is 5.13 Å². The first-order valence-corrected chi connectivity index (χ1v) is 13.2. The second-order valence-electron chi connectivity index (χ2n) is 8.95. The number of carbonyl (C=O) groups is 2. The van der Waals surface area contributed by atoms with Gasteiger partial charge in [-0.15, -0.1) is 10.2 Å². The summed E-state index contributed by atoms with van der Waals surface area (Å²) in [6.45, 7) is 6.10. The summed E-state index contributed by atoms with van der Waals surface area (Å²) in [5.41, 5.74) is 8.41. The van der Waals surface area contributed by atoms with Crippen molar-refractivity contribution in [1.82, 2.24) is 10.2 Å². The number of Topliss-reactive ketones (excluding diaryl/α,β-unsaturated/α-hetero) is 1. The van der Waals surface area contributed by atoms with E-state index in [0.717, 1.165) is 0 Å². The molecule has 1 aliphatic carbocycles. The van der Waals surface area contributed by atoms with E-state index in [9.17, 15) is 14.9 Å². The monoisotopic (exact) mass is 529 g/mol. The lowest BCUT2D eigenvalue weighted by molar-refractivity contribution is -0.139. The number of hydrogen-bond acceptors (Lipinski definition) is 10. The Morgan fingerprint density at radius 1 is 1.37 bits per heavy atom. The van der Waals surface area contributed by atoms with Crippen LogP contribution in [-0.2, 0) is 14.3 Å². The molecule has 2 N–H and O–H groups in total. The summed E-state index contributed by atoms with van der Waals surface area (Å²) in [4.78, 5) is 26.9. The molecular weight excluding hydrogens is 506 g/mol. The van der Waals surface area contributed by atoms with E-state index >= 15 is 0 Å². The number of anilines is 1. The molecule has 1 aliphatic heterocycles. The van der Waals surface area contributed by atoms with E-state index in [1.807, 2.05) is 26.0 Å². The van der Waals surface area contributed by atoms with Crippen molar-refractivity contribution in [3.63, 3.8) is 0 Å². The third kappa shape index (κ3) is 4.94. The van der Waals surface area contributed by atoms with Gasteiger partial charge in [-0.3, -0.25) is 14.5 Å². The van der Waals surface area contributed by atoms with Gasteiger partial charge in [0.15, 0.2) is 10.1 Å². The Morgan fingerprint density at radius 2 is 2.11 bits per heavy atom. The third-order valence-corrected chi connectivity index (χ3v) is 8.16. The van der Waals surface area contributed by atoms with E-state index in [0.29, 0.717) is 50.8 Å². The predicted molar refractivity (Wildman–Crippen MR) is 136 cm³/mol. The van der Waals surface area contributed by atoms with Crippen molar-refractivity contribution in [2.75, 3.05) is 17.3 Å². The molecule has 1 unspecified atom stereocenters. The number of thioether (sulfide) groups is 1. The smallest absolute Gasteiger partial charge is 0.316 e. The maximum Gasteiger partial charge on any atom is 0.316 e. The van der Waals surface area contributed by atoms with Gasteiger partial charge >= 0.3 is 5.97 Å². The molecule has 182 valence electrons. The maximum absolute atomic E-state index is 13.5. The zero-order chi connectivity index (χ0) is 25.3. The molecule has 0 amide bonds. The summed E-state index contributed by atoms with van der Waals surface area (Å²) in [6, 6.07) is 9.41. The summed E-state index contributed by atoms with van der Waals surface area (Å²) in [7, 11) is 0. The highest BCUT2D eigenvalue weighted by Crippen LogP contribution is 2.51. The zero-order valence-corrected chi connectivity index (χ0v) is 21.9. The summed E-state index contributed by atoms with van der Waals surface area (Å²) < 4.78 is 5.52. The quantitative estimate of drug-likeness (QED) is 0.415. The minimum absolute atomic E-state index is 0.0483. The Kier molecular flexibility index (Phi) is 7.22. The lowest BCUT2D eigenvalue weighted by atomic mass is 9.68. The minimum Gasteiger partial charge on any atom is -0.465 e. The number of esters is 1. The molecule has 1 aromatic carbocycles. The van der Waals surface area contributed by atoms with Crippen LogP contribution in [0.2, 0.25) is 5.02 Å². The van der Waals surface area contributed by atoms with Gasteiger partial charge in [0.1, 0.15) is 5.82 Å². The first-order chi connectivity index (χ1) is 16.7. The molecular formula is C24H24ClN5O3S2. The molecule has 0 radical (unpaired) electrons. The second kappa shape index (κ2) is 10.0. The van der Waals surface area contributed by atoms with Gasteiger partial charge in [0.25, 0.3) is 0 Å². The number of halogens is 1. The molecule has 2 aliphatic rings. The van der Waals surface area contributed by atoms with Crippen LogP contribution in [0.3, 0.4) is 0 Å². The molecule has 0 bridgehead atoms. The molecule has 0 saturated carbocycles. The average molecular weight is 530 g/mol. The summed E-state index contributed by atoms with van der Waals surface area (Å²) in [5, 5.41) is 19.5. The number of nitrogens with zero attached hydrogens (tertiary/aromatic N) is 4. The highest BCUT2D eigenvalue weighted by Gasteiger charge is 2.45. The van der Waals surface area contributed by atoms with Gasteiger partial charge in [-0.2, -0.15) is 5.26 Å². The van der Waals surface area contributed by atoms with Crippen LogP contribution < -0.4 is 10.6 Å². The van der Waals surface area contributed by atoms with Gasteiger partial charge in [-0.05, 0) is 30.4 Å². The number of ketones is 1. The van der Waals surface area contributed by atoms with Gasteiger partial charge in [0, 0.05) is 22.7 Å². The van der Waals surface area contributed by atoms with Crippen LogP contribution in [-0.4, -0.2) is 34.3 Å². The van der Waals surface area contributed by atoms with Crippen molar-refractivity contribution < 1.29 is 14.3 Å². The second-order valence-corrected chi connectivity index (χ2v) is 11.5. The van der Waals surface area contributed by atoms with E-state index < -0.39 is 5.92 Å². The average Bonchev–Trinajstić information content (AvgIpc) is 3.25. The molecule has 1 atom stereocenters. The van der Waals surface area contributed by atoms with Crippen molar-refractivity contribution in [3.05, 3.63) is 57.5 Å². The van der Waals surface area contributed by atoms with Crippen molar-refractivity contribution in [3.8, 4) is 6.07 Å². The number of nitrogens with two attached hydrogens (primary N) is 1. The van der Waals surface area contributed by atoms with E-state index in [4.69, 9.17) is 22.1 Å². The lowest BCUT2D eigenvalue weighted by Crippen LogP contribution is -2.42.